The van der Waals surface area contributed by atoms with Crippen molar-refractivity contribution >= 4 is 21.1 Å². The van der Waals surface area contributed by atoms with Crippen molar-refractivity contribution in [1.29, 1.82) is 0 Å². The first-order valence-electron chi connectivity index (χ1n) is 10.5. The summed E-state index contributed by atoms with van der Waals surface area (Å²) in [6, 6.07) is 13.2. The first-order valence-corrected chi connectivity index (χ1v) is 11.9. The fourth-order valence-corrected chi connectivity index (χ4v) is 6.37. The highest BCUT2D eigenvalue weighted by Gasteiger charge is 2.38. The number of H-pyrrole nitrogens is 1. The highest BCUT2D eigenvalue weighted by atomic mass is 32.2. The number of aromatic nitrogens is 4. The fraction of sp³-hybridized carbons (Fsp3) is 0.304. The number of fused-ring (bicyclic) bond motifs is 1. The summed E-state index contributed by atoms with van der Waals surface area (Å²) in [4.78, 5) is 5.12. The van der Waals surface area contributed by atoms with Crippen molar-refractivity contribution in [2.75, 3.05) is 6.54 Å². The molecule has 1 aliphatic heterocycles. The molecule has 0 saturated carbocycles. The van der Waals surface area contributed by atoms with Gasteiger partial charge in [0.25, 0.3) is 0 Å². The van der Waals surface area contributed by atoms with E-state index in [1.54, 1.807) is 28.7 Å². The molecule has 0 bridgehead atoms. The van der Waals surface area contributed by atoms with Gasteiger partial charge in [-0.25, -0.2) is 13.4 Å². The molecule has 0 amide bonds. The predicted octanol–water partition coefficient (Wildman–Crippen LogP) is 3.83. The molecule has 4 heterocycles. The second-order valence-electron chi connectivity index (χ2n) is 8.40. The Morgan fingerprint density at radius 3 is 2.84 bits per heavy atom. The average Bonchev–Trinajstić information content (AvgIpc) is 3.49. The second kappa shape index (κ2) is 7.62. The van der Waals surface area contributed by atoms with Crippen LogP contribution in [0.3, 0.4) is 0 Å². The molecule has 5 rings (SSSR count). The van der Waals surface area contributed by atoms with Crippen LogP contribution in [0.1, 0.15) is 18.9 Å². The highest BCUT2D eigenvalue weighted by molar-refractivity contribution is 7.89. The third-order valence-electron chi connectivity index (χ3n) is 6.07. The molecule has 31 heavy (non-hydrogen) atoms. The molecule has 0 aliphatic carbocycles. The van der Waals surface area contributed by atoms with E-state index in [0.29, 0.717) is 11.4 Å². The quantitative estimate of drug-likeness (QED) is 0.516. The van der Waals surface area contributed by atoms with E-state index in [4.69, 9.17) is 4.98 Å². The lowest BCUT2D eigenvalue weighted by Crippen LogP contribution is -2.34. The van der Waals surface area contributed by atoms with E-state index in [0.717, 1.165) is 40.8 Å². The van der Waals surface area contributed by atoms with Crippen molar-refractivity contribution in [1.82, 2.24) is 24.1 Å². The van der Waals surface area contributed by atoms with E-state index in [1.165, 1.54) is 0 Å². The standard InChI is InChI=1S/C23H25N5O2S/c1-16-4-3-5-20(10-16)31(29,30)28-15-18(11-17(28)2)14-27-9-8-22-23(27)7-6-21(26-22)19-12-24-25-13-19/h3-10,12-13,17-18H,11,14-15H2,1-2H3,(H,24,25). The van der Waals surface area contributed by atoms with Gasteiger partial charge in [0.15, 0.2) is 0 Å². The minimum Gasteiger partial charge on any atom is -0.346 e. The van der Waals surface area contributed by atoms with Crippen LogP contribution in [0.5, 0.6) is 0 Å². The lowest BCUT2D eigenvalue weighted by molar-refractivity contribution is 0.399. The van der Waals surface area contributed by atoms with Crippen LogP contribution < -0.4 is 0 Å². The maximum Gasteiger partial charge on any atom is 0.243 e. The number of pyridine rings is 1. The fourth-order valence-electron chi connectivity index (χ4n) is 4.55. The number of sulfonamides is 1. The second-order valence-corrected chi connectivity index (χ2v) is 10.3. The van der Waals surface area contributed by atoms with E-state index in [9.17, 15) is 8.42 Å². The van der Waals surface area contributed by atoms with Crippen LogP contribution in [-0.4, -0.2) is 45.1 Å². The van der Waals surface area contributed by atoms with Crippen molar-refractivity contribution in [3.8, 4) is 11.3 Å². The Hall–Kier alpha value is -2.97. The molecule has 7 nitrogen and oxygen atoms in total. The first-order chi connectivity index (χ1) is 14.9. The molecule has 1 aromatic carbocycles. The Bertz CT molecular complexity index is 1330. The highest BCUT2D eigenvalue weighted by Crippen LogP contribution is 2.31. The van der Waals surface area contributed by atoms with Crippen molar-refractivity contribution < 1.29 is 8.42 Å². The first kappa shape index (κ1) is 20.0. The van der Waals surface area contributed by atoms with Crippen LogP contribution in [-0.2, 0) is 16.6 Å². The molecule has 2 unspecified atom stereocenters. The lowest BCUT2D eigenvalue weighted by Gasteiger charge is -2.21. The monoisotopic (exact) mass is 435 g/mol. The van der Waals surface area contributed by atoms with Crippen molar-refractivity contribution in [2.24, 2.45) is 5.92 Å². The van der Waals surface area contributed by atoms with Crippen LogP contribution in [0.25, 0.3) is 22.3 Å². The van der Waals surface area contributed by atoms with Crippen LogP contribution in [0.2, 0.25) is 0 Å². The van der Waals surface area contributed by atoms with Gasteiger partial charge >= 0.3 is 0 Å². The number of aryl methyl sites for hydroxylation is 1. The molecular formula is C23H25N5O2S. The number of nitrogens with zero attached hydrogens (tertiary/aromatic N) is 4. The summed E-state index contributed by atoms with van der Waals surface area (Å²) in [6.45, 7) is 5.20. The van der Waals surface area contributed by atoms with Gasteiger partial charge in [0.05, 0.1) is 27.8 Å². The molecule has 0 radical (unpaired) electrons. The van der Waals surface area contributed by atoms with Crippen LogP contribution in [0, 0.1) is 12.8 Å². The van der Waals surface area contributed by atoms with Gasteiger partial charge in [-0.15, -0.1) is 0 Å². The van der Waals surface area contributed by atoms with Crippen LogP contribution in [0.15, 0.2) is 66.0 Å². The van der Waals surface area contributed by atoms with E-state index >= 15 is 0 Å². The molecule has 1 fully saturated rings. The van der Waals surface area contributed by atoms with Gasteiger partial charge < -0.3 is 4.57 Å². The maximum absolute atomic E-state index is 13.2. The van der Waals surface area contributed by atoms with E-state index in [2.05, 4.69) is 20.8 Å². The molecule has 2 atom stereocenters. The third kappa shape index (κ3) is 3.66. The van der Waals surface area contributed by atoms with Crippen molar-refractivity contribution in [3.63, 3.8) is 0 Å². The number of rotatable bonds is 5. The summed E-state index contributed by atoms with van der Waals surface area (Å²) in [6.07, 6.45) is 6.47. The van der Waals surface area contributed by atoms with Gasteiger partial charge in [-0.1, -0.05) is 12.1 Å². The van der Waals surface area contributed by atoms with Gasteiger partial charge in [-0.3, -0.25) is 5.10 Å². The zero-order chi connectivity index (χ0) is 21.6. The van der Waals surface area contributed by atoms with Crippen molar-refractivity contribution in [2.45, 2.75) is 37.8 Å². The molecule has 1 saturated heterocycles. The van der Waals surface area contributed by atoms with Gasteiger partial charge in [-0.2, -0.15) is 9.40 Å². The Balaban J connectivity index is 1.36. The number of aromatic amines is 1. The van der Waals surface area contributed by atoms with E-state index in [1.807, 2.05) is 44.4 Å². The molecule has 3 aromatic heterocycles. The molecule has 8 heteroatoms. The Morgan fingerprint density at radius 2 is 2.06 bits per heavy atom. The smallest absolute Gasteiger partial charge is 0.243 e. The van der Waals surface area contributed by atoms with Crippen LogP contribution >= 0.6 is 0 Å². The molecule has 1 aliphatic rings. The maximum atomic E-state index is 13.2. The van der Waals surface area contributed by atoms with Crippen LogP contribution in [0.4, 0.5) is 0 Å². The third-order valence-corrected chi connectivity index (χ3v) is 8.05. The summed E-state index contributed by atoms with van der Waals surface area (Å²) >= 11 is 0. The summed E-state index contributed by atoms with van der Waals surface area (Å²) in [7, 11) is -3.49. The summed E-state index contributed by atoms with van der Waals surface area (Å²) < 4.78 is 30.3. The summed E-state index contributed by atoms with van der Waals surface area (Å²) in [5, 5.41) is 6.80. The Labute approximate surface area is 181 Å². The zero-order valence-electron chi connectivity index (χ0n) is 17.6. The topological polar surface area (TPSA) is 83.9 Å². The van der Waals surface area contributed by atoms with Gasteiger partial charge in [0, 0.05) is 37.1 Å². The number of benzene rings is 1. The number of nitrogens with one attached hydrogen (secondary N) is 1. The zero-order valence-corrected chi connectivity index (χ0v) is 18.4. The predicted molar refractivity (Wildman–Crippen MR) is 120 cm³/mol. The summed E-state index contributed by atoms with van der Waals surface area (Å²) in [5.41, 5.74) is 4.76. The minimum atomic E-state index is -3.49. The SMILES string of the molecule is Cc1cccc(S(=O)(=O)N2CC(Cn3ccc4nc(-c5cn[nH]c5)ccc43)CC2C)c1. The molecule has 4 aromatic rings. The Morgan fingerprint density at radius 1 is 1.19 bits per heavy atom. The molecule has 160 valence electrons. The average molecular weight is 436 g/mol. The normalized spacial score (nSPS) is 19.9. The van der Waals surface area contributed by atoms with E-state index in [-0.39, 0.29) is 12.0 Å². The minimum absolute atomic E-state index is 0.0249. The van der Waals surface area contributed by atoms with Gasteiger partial charge in [-0.05, 0) is 62.1 Å². The molecule has 1 N–H and O–H groups in total. The van der Waals surface area contributed by atoms with E-state index < -0.39 is 10.0 Å². The molecular weight excluding hydrogens is 410 g/mol. The number of hydrogen-bond donors (Lipinski definition) is 1. The van der Waals surface area contributed by atoms with Gasteiger partial charge in [0.1, 0.15) is 0 Å². The van der Waals surface area contributed by atoms with Gasteiger partial charge in [0.2, 0.25) is 10.0 Å². The Kier molecular flexibility index (Phi) is 4.91. The lowest BCUT2D eigenvalue weighted by atomic mass is 10.1. The van der Waals surface area contributed by atoms with Crippen molar-refractivity contribution in [3.05, 3.63) is 66.6 Å². The molecule has 0 spiro atoms. The summed E-state index contributed by atoms with van der Waals surface area (Å²) in [5.74, 6) is 0.249. The largest absolute Gasteiger partial charge is 0.346 e. The number of hydrogen-bond acceptors (Lipinski definition) is 4.